The van der Waals surface area contributed by atoms with Gasteiger partial charge in [0.2, 0.25) is 5.78 Å². The predicted molar refractivity (Wildman–Crippen MR) is 114 cm³/mol. The van der Waals surface area contributed by atoms with Crippen molar-refractivity contribution in [1.82, 2.24) is 0 Å². The fourth-order valence-corrected chi connectivity index (χ4v) is 4.84. The number of rotatable bonds is 6. The normalized spacial score (nSPS) is 14.1. The van der Waals surface area contributed by atoms with Gasteiger partial charge in [-0.15, -0.1) is 0 Å². The third kappa shape index (κ3) is 4.59. The van der Waals surface area contributed by atoms with Gasteiger partial charge in [-0.2, -0.15) is 5.26 Å². The van der Waals surface area contributed by atoms with E-state index in [2.05, 4.69) is 0 Å². The number of fused-ring (bicyclic) bond motifs is 1. The molecule has 1 aliphatic rings. The van der Waals surface area contributed by atoms with Crippen molar-refractivity contribution in [3.63, 3.8) is 0 Å². The van der Waals surface area contributed by atoms with E-state index in [0.29, 0.717) is 12.2 Å². The third-order valence-corrected chi connectivity index (χ3v) is 6.69. The summed E-state index contributed by atoms with van der Waals surface area (Å²) < 4.78 is 32.6. The number of para-hydroxylation sites is 1. The summed E-state index contributed by atoms with van der Waals surface area (Å²) in [5.41, 5.74) is 6.93. The van der Waals surface area contributed by atoms with E-state index >= 15 is 0 Å². The van der Waals surface area contributed by atoms with Gasteiger partial charge >= 0.3 is 5.97 Å². The van der Waals surface area contributed by atoms with Crippen LogP contribution in [0.4, 0.5) is 5.69 Å². The van der Waals surface area contributed by atoms with Crippen molar-refractivity contribution in [3.8, 4) is 6.07 Å². The molecule has 2 aromatic rings. The summed E-state index contributed by atoms with van der Waals surface area (Å²) in [6, 6.07) is 14.3. The molecule has 0 spiro atoms. The minimum Gasteiger partial charge on any atom is -0.454 e. The molecular weight excluding hydrogens is 418 g/mol. The van der Waals surface area contributed by atoms with Crippen LogP contribution in [0.1, 0.15) is 29.3 Å². The number of Topliss-reactive ketones (excluding diaryl/α,β-unsaturated/α-hetero) is 1. The number of esters is 1. The second-order valence-corrected chi connectivity index (χ2v) is 8.87. The van der Waals surface area contributed by atoms with Crippen LogP contribution in [0.3, 0.4) is 0 Å². The molecule has 9 heteroatoms. The number of anilines is 1. The highest BCUT2D eigenvalue weighted by Gasteiger charge is 2.29. The van der Waals surface area contributed by atoms with Gasteiger partial charge in [-0.05, 0) is 55.7 Å². The van der Waals surface area contributed by atoms with E-state index in [1.54, 1.807) is 18.2 Å². The first-order valence-electron chi connectivity index (χ1n) is 9.53. The van der Waals surface area contributed by atoms with Crippen LogP contribution in [-0.4, -0.2) is 33.3 Å². The van der Waals surface area contributed by atoms with Crippen molar-refractivity contribution in [3.05, 3.63) is 70.9 Å². The minimum atomic E-state index is -3.80. The number of aryl methyl sites for hydroxylation is 1. The molecule has 3 rings (SSSR count). The summed E-state index contributed by atoms with van der Waals surface area (Å²) in [5.74, 6) is -1.52. The molecule has 0 radical (unpaired) electrons. The molecular formula is C22H21N3O5S. The van der Waals surface area contributed by atoms with Gasteiger partial charge in [0.1, 0.15) is 11.6 Å². The smallest absolute Gasteiger partial charge is 0.338 e. The Morgan fingerprint density at radius 2 is 1.84 bits per heavy atom. The Hall–Kier alpha value is -3.64. The van der Waals surface area contributed by atoms with Crippen LogP contribution in [0, 0.1) is 11.3 Å². The number of allylic oxidation sites excluding steroid dienone is 1. The molecule has 0 bridgehead atoms. The van der Waals surface area contributed by atoms with E-state index < -0.39 is 28.4 Å². The molecule has 8 nitrogen and oxygen atoms in total. The Morgan fingerprint density at radius 3 is 2.48 bits per heavy atom. The second-order valence-electron chi connectivity index (χ2n) is 7.00. The fraction of sp³-hybridized carbons (Fsp3) is 0.227. The van der Waals surface area contributed by atoms with E-state index in [4.69, 9.17) is 15.7 Å². The second kappa shape index (κ2) is 9.02. The summed E-state index contributed by atoms with van der Waals surface area (Å²) in [7, 11) is -3.80. The van der Waals surface area contributed by atoms with Gasteiger partial charge in [0, 0.05) is 12.2 Å². The van der Waals surface area contributed by atoms with Crippen LogP contribution in [0.2, 0.25) is 0 Å². The zero-order chi connectivity index (χ0) is 22.6. The van der Waals surface area contributed by atoms with Gasteiger partial charge in [0.05, 0.1) is 16.1 Å². The topological polar surface area (TPSA) is 131 Å². The molecule has 0 aliphatic carbocycles. The van der Waals surface area contributed by atoms with Crippen molar-refractivity contribution in [1.29, 1.82) is 5.26 Å². The molecule has 2 N–H and O–H groups in total. The number of sulfonamides is 1. The van der Waals surface area contributed by atoms with Crippen LogP contribution in [0.15, 0.2) is 64.7 Å². The molecule has 0 aromatic heterocycles. The molecule has 0 fully saturated rings. The lowest BCUT2D eigenvalue weighted by atomic mass is 10.0. The van der Waals surface area contributed by atoms with E-state index in [1.165, 1.54) is 35.5 Å². The minimum absolute atomic E-state index is 0.0393. The lowest BCUT2D eigenvalue weighted by molar-refractivity contribution is -0.118. The molecule has 2 aromatic carbocycles. The third-order valence-electron chi connectivity index (χ3n) is 4.86. The van der Waals surface area contributed by atoms with Crippen LogP contribution in [0.25, 0.3) is 0 Å². The van der Waals surface area contributed by atoms with Crippen LogP contribution in [0.5, 0.6) is 0 Å². The standard InChI is InChI=1S/C22H21N3O5S/c1-15(24)19(13-23)21(26)14-30-22(27)17-8-10-18(11-9-17)31(28,29)25-12-4-6-16-5-2-3-7-20(16)25/h2-3,5,7-11H,4,6,12,14,24H2,1H3/b19-15-. The highest BCUT2D eigenvalue weighted by molar-refractivity contribution is 7.92. The summed E-state index contributed by atoms with van der Waals surface area (Å²) in [5, 5.41) is 8.91. The first kappa shape index (κ1) is 22.1. The van der Waals surface area contributed by atoms with Crippen LogP contribution in [-0.2, 0) is 26.0 Å². The molecule has 0 atom stereocenters. The van der Waals surface area contributed by atoms with E-state index in [1.807, 2.05) is 12.1 Å². The van der Waals surface area contributed by atoms with Gasteiger partial charge in [-0.25, -0.2) is 13.2 Å². The number of carbonyl (C=O) groups excluding carboxylic acids is 2. The Balaban J connectivity index is 1.75. The molecule has 1 heterocycles. The predicted octanol–water partition coefficient (Wildman–Crippen LogP) is 2.31. The highest BCUT2D eigenvalue weighted by Crippen LogP contribution is 2.31. The van der Waals surface area contributed by atoms with Gasteiger partial charge in [-0.1, -0.05) is 18.2 Å². The van der Waals surface area contributed by atoms with Crippen molar-refractivity contribution in [2.24, 2.45) is 5.73 Å². The number of hydrogen-bond donors (Lipinski definition) is 1. The molecule has 0 saturated heterocycles. The first-order valence-corrected chi connectivity index (χ1v) is 11.0. The number of nitrogens with zero attached hydrogens (tertiary/aromatic N) is 2. The first-order chi connectivity index (χ1) is 14.8. The van der Waals surface area contributed by atoms with Gasteiger partial charge < -0.3 is 10.5 Å². The number of hydrogen-bond acceptors (Lipinski definition) is 7. The van der Waals surface area contributed by atoms with E-state index in [0.717, 1.165) is 18.4 Å². The maximum atomic E-state index is 13.1. The number of carbonyl (C=O) groups is 2. The van der Waals surface area contributed by atoms with Crippen molar-refractivity contribution >= 4 is 27.5 Å². The van der Waals surface area contributed by atoms with Gasteiger partial charge in [-0.3, -0.25) is 9.10 Å². The van der Waals surface area contributed by atoms with Gasteiger partial charge in [0.15, 0.2) is 6.61 Å². The maximum Gasteiger partial charge on any atom is 0.338 e. The maximum absolute atomic E-state index is 13.1. The molecule has 160 valence electrons. The SMILES string of the molecule is C/C(N)=C(\C#N)C(=O)COC(=O)c1ccc(S(=O)(=O)N2CCCc3ccccc32)cc1. The van der Waals surface area contributed by atoms with Crippen molar-refractivity contribution in [2.75, 3.05) is 17.5 Å². The Kier molecular flexibility index (Phi) is 6.42. The Morgan fingerprint density at radius 1 is 1.16 bits per heavy atom. The number of ketones is 1. The highest BCUT2D eigenvalue weighted by atomic mass is 32.2. The van der Waals surface area contributed by atoms with E-state index in [-0.39, 0.29) is 21.7 Å². The van der Waals surface area contributed by atoms with Crippen LogP contribution < -0.4 is 10.0 Å². The monoisotopic (exact) mass is 439 g/mol. The van der Waals surface area contributed by atoms with Crippen molar-refractivity contribution in [2.45, 2.75) is 24.7 Å². The Labute approximate surface area is 180 Å². The summed E-state index contributed by atoms with van der Waals surface area (Å²) >= 11 is 0. The summed E-state index contributed by atoms with van der Waals surface area (Å²) in [6.45, 7) is 1.14. The largest absolute Gasteiger partial charge is 0.454 e. The average Bonchev–Trinajstić information content (AvgIpc) is 2.77. The summed E-state index contributed by atoms with van der Waals surface area (Å²) in [4.78, 5) is 24.1. The number of nitriles is 1. The molecule has 31 heavy (non-hydrogen) atoms. The van der Waals surface area contributed by atoms with Crippen molar-refractivity contribution < 1.29 is 22.7 Å². The number of nitrogens with two attached hydrogens (primary N) is 1. The average molecular weight is 439 g/mol. The zero-order valence-corrected chi connectivity index (χ0v) is 17.7. The quantitative estimate of drug-likeness (QED) is 0.415. The zero-order valence-electron chi connectivity index (χ0n) is 16.9. The summed E-state index contributed by atoms with van der Waals surface area (Å²) in [6.07, 6.45) is 1.54. The lowest BCUT2D eigenvalue weighted by Crippen LogP contribution is -2.35. The lowest BCUT2D eigenvalue weighted by Gasteiger charge is -2.30. The molecule has 0 amide bonds. The fourth-order valence-electron chi connectivity index (χ4n) is 3.30. The number of benzene rings is 2. The van der Waals surface area contributed by atoms with Gasteiger partial charge in [0.25, 0.3) is 10.0 Å². The molecule has 0 saturated carbocycles. The molecule has 0 unspecified atom stereocenters. The van der Waals surface area contributed by atoms with Crippen LogP contribution >= 0.6 is 0 Å². The number of ether oxygens (including phenoxy) is 1. The molecule has 1 aliphatic heterocycles. The van der Waals surface area contributed by atoms with E-state index in [9.17, 15) is 18.0 Å². The Bertz CT molecular complexity index is 1190.